The molecule has 8 heteroatoms. The third kappa shape index (κ3) is 3.48. The van der Waals surface area contributed by atoms with Crippen LogP contribution in [-0.2, 0) is 22.6 Å². The molecule has 4 amide bonds. The zero-order valence-electron chi connectivity index (χ0n) is 16.8. The van der Waals surface area contributed by atoms with Gasteiger partial charge in [-0.1, -0.05) is 24.3 Å². The minimum absolute atomic E-state index is 0.105. The first-order valence-corrected chi connectivity index (χ1v) is 10.4. The van der Waals surface area contributed by atoms with Crippen molar-refractivity contribution in [2.45, 2.75) is 37.9 Å². The summed E-state index contributed by atoms with van der Waals surface area (Å²) in [4.78, 5) is 50.3. The maximum atomic E-state index is 12.9. The molecule has 2 atom stereocenters. The number of nitrogens with one attached hydrogen (secondary N) is 3. The van der Waals surface area contributed by atoms with Crippen molar-refractivity contribution in [2.24, 2.45) is 0 Å². The maximum Gasteiger partial charge on any atom is 0.262 e. The summed E-state index contributed by atoms with van der Waals surface area (Å²) < 4.78 is 0. The van der Waals surface area contributed by atoms with Gasteiger partial charge in [0.2, 0.25) is 11.8 Å². The summed E-state index contributed by atoms with van der Waals surface area (Å²) in [6.07, 6.45) is 1.17. The van der Waals surface area contributed by atoms with Crippen molar-refractivity contribution in [3.63, 3.8) is 0 Å². The van der Waals surface area contributed by atoms with Gasteiger partial charge in [0.05, 0.1) is 11.1 Å². The van der Waals surface area contributed by atoms with Crippen LogP contribution in [0.4, 0.5) is 5.69 Å². The topological polar surface area (TPSA) is 108 Å². The van der Waals surface area contributed by atoms with Crippen LogP contribution < -0.4 is 16.0 Å². The van der Waals surface area contributed by atoms with Crippen LogP contribution in [0.5, 0.6) is 0 Å². The number of hydrogen-bond acceptors (Lipinski definition) is 6. The summed E-state index contributed by atoms with van der Waals surface area (Å²) in [7, 11) is 0. The molecule has 0 saturated carbocycles. The molecule has 31 heavy (non-hydrogen) atoms. The van der Waals surface area contributed by atoms with Gasteiger partial charge in [-0.2, -0.15) is 0 Å². The summed E-state index contributed by atoms with van der Waals surface area (Å²) in [5.74, 6) is -1.98. The summed E-state index contributed by atoms with van der Waals surface area (Å²) in [5, 5.41) is 9.07. The van der Waals surface area contributed by atoms with E-state index >= 15 is 0 Å². The first-order chi connectivity index (χ1) is 15.0. The highest BCUT2D eigenvalue weighted by molar-refractivity contribution is 6.23. The molecular weight excluding hydrogens is 396 g/mol. The van der Waals surface area contributed by atoms with E-state index in [-0.39, 0.29) is 35.9 Å². The maximum absolute atomic E-state index is 12.9. The number of benzene rings is 2. The Balaban J connectivity index is 1.28. The highest BCUT2D eigenvalue weighted by Crippen LogP contribution is 2.29. The van der Waals surface area contributed by atoms with E-state index in [9.17, 15) is 19.2 Å². The number of carbonyl (C=O) groups is 4. The number of anilines is 1. The van der Waals surface area contributed by atoms with Crippen molar-refractivity contribution in [3.8, 4) is 0 Å². The van der Waals surface area contributed by atoms with E-state index in [0.717, 1.165) is 23.6 Å². The van der Waals surface area contributed by atoms with Gasteiger partial charge < -0.3 is 10.6 Å². The molecule has 3 N–H and O–H groups in total. The minimum atomic E-state index is -0.951. The molecule has 3 heterocycles. The van der Waals surface area contributed by atoms with E-state index in [1.165, 1.54) is 11.1 Å². The second-order valence-electron chi connectivity index (χ2n) is 8.14. The molecule has 5 rings (SSSR count). The van der Waals surface area contributed by atoms with Gasteiger partial charge in [-0.25, -0.2) is 0 Å². The fourth-order valence-corrected chi connectivity index (χ4v) is 4.49. The van der Waals surface area contributed by atoms with Crippen LogP contribution in [0.3, 0.4) is 0 Å². The Morgan fingerprint density at radius 2 is 1.74 bits per heavy atom. The van der Waals surface area contributed by atoms with E-state index in [0.29, 0.717) is 6.54 Å². The molecule has 8 nitrogen and oxygen atoms in total. The smallest absolute Gasteiger partial charge is 0.262 e. The number of piperidine rings is 1. The van der Waals surface area contributed by atoms with E-state index < -0.39 is 23.8 Å². The van der Waals surface area contributed by atoms with Crippen LogP contribution in [0.1, 0.15) is 44.7 Å². The molecule has 1 fully saturated rings. The monoisotopic (exact) mass is 418 g/mol. The van der Waals surface area contributed by atoms with E-state index in [1.807, 2.05) is 12.1 Å². The molecule has 158 valence electrons. The van der Waals surface area contributed by atoms with Gasteiger partial charge in [0.15, 0.2) is 0 Å². The lowest BCUT2D eigenvalue weighted by Gasteiger charge is -2.27. The molecule has 2 aromatic carbocycles. The van der Waals surface area contributed by atoms with Crippen LogP contribution in [-0.4, -0.2) is 47.2 Å². The molecule has 2 aromatic rings. The summed E-state index contributed by atoms with van der Waals surface area (Å²) >= 11 is 0. The Hall–Kier alpha value is -3.52. The third-order valence-electron chi connectivity index (χ3n) is 6.16. The van der Waals surface area contributed by atoms with Crippen molar-refractivity contribution in [1.29, 1.82) is 0 Å². The predicted molar refractivity (Wildman–Crippen MR) is 112 cm³/mol. The second-order valence-corrected chi connectivity index (χ2v) is 8.14. The van der Waals surface area contributed by atoms with Crippen molar-refractivity contribution < 1.29 is 19.2 Å². The Morgan fingerprint density at radius 3 is 2.55 bits per heavy atom. The second kappa shape index (κ2) is 7.63. The standard InChI is InChI=1S/C23H22N4O4/c28-20-8-7-19(21(29)26-20)27-22(30)17-6-5-15(10-18(17)23(27)31)25-12-16-9-13-3-1-2-4-14(13)11-24-16/h1-6,10,16,19,24-25H,7-9,11-12H2,(H,26,28,29). The predicted octanol–water partition coefficient (Wildman–Crippen LogP) is 1.21. The number of amides is 4. The van der Waals surface area contributed by atoms with E-state index in [4.69, 9.17) is 0 Å². The molecule has 0 radical (unpaired) electrons. The lowest BCUT2D eigenvalue weighted by molar-refractivity contribution is -0.136. The molecule has 3 aliphatic heterocycles. The average Bonchev–Trinajstić information content (AvgIpc) is 3.02. The van der Waals surface area contributed by atoms with Gasteiger partial charge in [0.25, 0.3) is 11.8 Å². The molecule has 0 aliphatic carbocycles. The van der Waals surface area contributed by atoms with Gasteiger partial charge in [-0.15, -0.1) is 0 Å². The van der Waals surface area contributed by atoms with Crippen LogP contribution in [0, 0.1) is 0 Å². The lowest BCUT2D eigenvalue weighted by Crippen LogP contribution is -2.54. The fourth-order valence-electron chi connectivity index (χ4n) is 4.49. The van der Waals surface area contributed by atoms with Crippen LogP contribution in [0.15, 0.2) is 42.5 Å². The quantitative estimate of drug-likeness (QED) is 0.645. The summed E-state index contributed by atoms with van der Waals surface area (Å²) in [6, 6.07) is 12.7. The number of fused-ring (bicyclic) bond motifs is 2. The van der Waals surface area contributed by atoms with Crippen molar-refractivity contribution >= 4 is 29.3 Å². The number of carbonyl (C=O) groups excluding carboxylic acids is 4. The van der Waals surface area contributed by atoms with Crippen LogP contribution in [0.25, 0.3) is 0 Å². The van der Waals surface area contributed by atoms with Gasteiger partial charge >= 0.3 is 0 Å². The number of hydrogen-bond donors (Lipinski definition) is 3. The number of imide groups is 2. The largest absolute Gasteiger partial charge is 0.383 e. The Morgan fingerprint density at radius 1 is 0.968 bits per heavy atom. The average molecular weight is 418 g/mol. The Bertz CT molecular complexity index is 1110. The van der Waals surface area contributed by atoms with Crippen molar-refractivity contribution in [1.82, 2.24) is 15.5 Å². The fraction of sp³-hybridized carbons (Fsp3) is 0.304. The summed E-state index contributed by atoms with van der Waals surface area (Å²) in [6.45, 7) is 1.49. The normalized spacial score (nSPS) is 22.8. The van der Waals surface area contributed by atoms with Gasteiger partial charge in [-0.05, 0) is 42.2 Å². The van der Waals surface area contributed by atoms with E-state index in [2.05, 4.69) is 28.1 Å². The van der Waals surface area contributed by atoms with Crippen molar-refractivity contribution in [3.05, 3.63) is 64.7 Å². The minimum Gasteiger partial charge on any atom is -0.383 e. The first-order valence-electron chi connectivity index (χ1n) is 10.4. The Labute approximate surface area is 179 Å². The summed E-state index contributed by atoms with van der Waals surface area (Å²) in [5.41, 5.74) is 3.95. The number of rotatable bonds is 4. The van der Waals surface area contributed by atoms with Gasteiger partial charge in [-0.3, -0.25) is 29.4 Å². The SMILES string of the molecule is O=C1CCC(N2C(=O)c3ccc(NCC4Cc5ccccc5CN4)cc3C2=O)C(=O)N1. The molecule has 0 bridgehead atoms. The molecule has 0 spiro atoms. The number of nitrogens with zero attached hydrogens (tertiary/aromatic N) is 1. The van der Waals surface area contributed by atoms with Crippen LogP contribution in [0.2, 0.25) is 0 Å². The van der Waals surface area contributed by atoms with E-state index in [1.54, 1.807) is 18.2 Å². The molecule has 1 saturated heterocycles. The Kier molecular flexibility index (Phi) is 4.78. The third-order valence-corrected chi connectivity index (χ3v) is 6.16. The molecular formula is C23H22N4O4. The molecule has 0 aromatic heterocycles. The highest BCUT2D eigenvalue weighted by atomic mass is 16.2. The van der Waals surface area contributed by atoms with Gasteiger partial charge in [0.1, 0.15) is 6.04 Å². The molecule has 3 aliphatic rings. The highest BCUT2D eigenvalue weighted by Gasteiger charge is 2.44. The zero-order chi connectivity index (χ0) is 21.5. The molecule has 2 unspecified atom stereocenters. The first kappa shape index (κ1) is 19.4. The van der Waals surface area contributed by atoms with Gasteiger partial charge in [0, 0.05) is 31.2 Å². The lowest BCUT2D eigenvalue weighted by atomic mass is 9.96. The van der Waals surface area contributed by atoms with Crippen LogP contribution >= 0.6 is 0 Å². The zero-order valence-corrected chi connectivity index (χ0v) is 16.8. The van der Waals surface area contributed by atoms with Crippen molar-refractivity contribution in [2.75, 3.05) is 11.9 Å².